The largest absolute Gasteiger partial charge is 0.393 e. The summed E-state index contributed by atoms with van der Waals surface area (Å²) in [6, 6.07) is 13.7. The Morgan fingerprint density at radius 2 is 1.85 bits per heavy atom. The number of nitrogens with one attached hydrogen (secondary N) is 2. The lowest BCUT2D eigenvalue weighted by molar-refractivity contribution is 0.145. The molecule has 0 aliphatic carbocycles. The van der Waals surface area contributed by atoms with Gasteiger partial charge in [0.2, 0.25) is 16.0 Å². The molecule has 0 radical (unpaired) electrons. The third-order valence-electron chi connectivity index (χ3n) is 5.85. The lowest BCUT2D eigenvalue weighted by atomic mass is 10.0. The maximum atomic E-state index is 11.5. The molecule has 0 spiro atoms. The van der Waals surface area contributed by atoms with Gasteiger partial charge in [0.15, 0.2) is 0 Å². The summed E-state index contributed by atoms with van der Waals surface area (Å²) in [5, 5.41) is 19.8. The van der Waals surface area contributed by atoms with Crippen LogP contribution in [-0.4, -0.2) is 47.7 Å². The number of nitrogens with zero attached hydrogens (tertiary/aromatic N) is 3. The molecule has 1 fully saturated rings. The van der Waals surface area contributed by atoms with E-state index in [1.54, 1.807) is 12.1 Å². The minimum Gasteiger partial charge on any atom is -0.393 e. The van der Waals surface area contributed by atoms with Crippen LogP contribution >= 0.6 is 11.6 Å². The number of sulfonamides is 1. The molecule has 5 rings (SSSR count). The van der Waals surface area contributed by atoms with Gasteiger partial charge < -0.3 is 20.3 Å². The standard InChI is InChI=1S/C23H23ClN6O3S/c24-15-3-1-2-14(12-15)19-13-26-21-20(19)22(30-10-8-17(31)9-11-30)29-23(28-21)27-16-4-6-18(7-5-16)34(25,32)33/h1-7,12-13,17,31H,8-11H2,(H2,25,32,33)(H2,26,27,28,29). The van der Waals surface area contributed by atoms with Crippen molar-refractivity contribution in [2.75, 3.05) is 23.3 Å². The number of H-pyrrole nitrogens is 1. The summed E-state index contributed by atoms with van der Waals surface area (Å²) < 4.78 is 23.1. The monoisotopic (exact) mass is 498 g/mol. The second-order valence-electron chi connectivity index (χ2n) is 8.22. The Kier molecular flexibility index (Phi) is 5.90. The van der Waals surface area contributed by atoms with Crippen molar-refractivity contribution in [1.82, 2.24) is 15.0 Å². The van der Waals surface area contributed by atoms with Gasteiger partial charge in [-0.1, -0.05) is 23.7 Å². The van der Waals surface area contributed by atoms with E-state index in [1.807, 2.05) is 30.5 Å². The van der Waals surface area contributed by atoms with Crippen LogP contribution in [0, 0.1) is 0 Å². The van der Waals surface area contributed by atoms with Crippen molar-refractivity contribution >= 4 is 50.1 Å². The first-order valence-electron chi connectivity index (χ1n) is 10.8. The fraction of sp³-hybridized carbons (Fsp3) is 0.217. The first-order chi connectivity index (χ1) is 16.3. The summed E-state index contributed by atoms with van der Waals surface area (Å²) in [6.07, 6.45) is 2.88. The Labute approximate surface area is 201 Å². The maximum absolute atomic E-state index is 11.5. The molecule has 11 heteroatoms. The van der Waals surface area contributed by atoms with E-state index >= 15 is 0 Å². The van der Waals surface area contributed by atoms with Crippen molar-refractivity contribution in [2.45, 2.75) is 23.8 Å². The van der Waals surface area contributed by atoms with E-state index in [1.165, 1.54) is 12.1 Å². The molecule has 4 aromatic rings. The number of rotatable bonds is 5. The molecule has 2 aromatic carbocycles. The number of fused-ring (bicyclic) bond motifs is 1. The zero-order valence-electron chi connectivity index (χ0n) is 18.1. The van der Waals surface area contributed by atoms with E-state index < -0.39 is 10.0 Å². The maximum Gasteiger partial charge on any atom is 0.238 e. The minimum absolute atomic E-state index is 0.0255. The highest BCUT2D eigenvalue weighted by molar-refractivity contribution is 7.89. The van der Waals surface area contributed by atoms with Crippen LogP contribution in [-0.2, 0) is 10.0 Å². The molecule has 9 nitrogen and oxygen atoms in total. The van der Waals surface area contributed by atoms with Crippen molar-refractivity contribution in [3.63, 3.8) is 0 Å². The van der Waals surface area contributed by atoms with E-state index in [2.05, 4.69) is 20.2 Å². The van der Waals surface area contributed by atoms with Gasteiger partial charge in [-0.3, -0.25) is 0 Å². The first kappa shape index (κ1) is 22.6. The average molecular weight is 499 g/mol. The second kappa shape index (κ2) is 8.88. The van der Waals surface area contributed by atoms with Gasteiger partial charge in [0, 0.05) is 35.6 Å². The van der Waals surface area contributed by atoms with Gasteiger partial charge in [-0.25, -0.2) is 13.6 Å². The molecule has 34 heavy (non-hydrogen) atoms. The average Bonchev–Trinajstić information content (AvgIpc) is 3.23. The van der Waals surface area contributed by atoms with Crippen LogP contribution in [0.25, 0.3) is 22.2 Å². The van der Waals surface area contributed by atoms with Gasteiger partial charge in [-0.15, -0.1) is 0 Å². The Morgan fingerprint density at radius 1 is 1.12 bits per heavy atom. The summed E-state index contributed by atoms with van der Waals surface area (Å²) in [5.41, 5.74) is 3.14. The van der Waals surface area contributed by atoms with Crippen molar-refractivity contribution < 1.29 is 13.5 Å². The van der Waals surface area contributed by atoms with Gasteiger partial charge in [0.1, 0.15) is 11.5 Å². The quantitative estimate of drug-likeness (QED) is 0.329. The van der Waals surface area contributed by atoms with E-state index in [9.17, 15) is 13.5 Å². The summed E-state index contributed by atoms with van der Waals surface area (Å²) in [7, 11) is -3.77. The highest BCUT2D eigenvalue weighted by atomic mass is 35.5. The number of aliphatic hydroxyl groups is 1. The Balaban J connectivity index is 1.58. The lowest BCUT2D eigenvalue weighted by Gasteiger charge is -2.31. The SMILES string of the molecule is NS(=O)(=O)c1ccc(Nc2nc(N3CCC(O)CC3)c3c(-c4cccc(Cl)c4)c[nH]c3n2)cc1. The summed E-state index contributed by atoms with van der Waals surface area (Å²) in [5.74, 6) is 1.10. The van der Waals surface area contributed by atoms with E-state index in [4.69, 9.17) is 21.7 Å². The lowest BCUT2D eigenvalue weighted by Crippen LogP contribution is -2.36. The van der Waals surface area contributed by atoms with Gasteiger partial charge in [0.25, 0.3) is 0 Å². The Morgan fingerprint density at radius 3 is 2.53 bits per heavy atom. The first-order valence-corrected chi connectivity index (χ1v) is 12.7. The number of primary sulfonamides is 1. The molecular formula is C23H23ClN6O3S. The third kappa shape index (κ3) is 4.58. The fourth-order valence-electron chi connectivity index (χ4n) is 4.12. The topological polar surface area (TPSA) is 137 Å². The van der Waals surface area contributed by atoms with Crippen LogP contribution in [0.3, 0.4) is 0 Å². The third-order valence-corrected chi connectivity index (χ3v) is 7.02. The van der Waals surface area contributed by atoms with E-state index in [0.717, 1.165) is 22.3 Å². The molecule has 1 aliphatic heterocycles. The van der Waals surface area contributed by atoms with Crippen molar-refractivity contribution in [3.8, 4) is 11.1 Å². The number of nitrogens with two attached hydrogens (primary N) is 1. The zero-order chi connectivity index (χ0) is 23.9. The number of piperidine rings is 1. The van der Waals surface area contributed by atoms with Crippen LogP contribution in [0.5, 0.6) is 0 Å². The van der Waals surface area contributed by atoms with Crippen LogP contribution in [0.4, 0.5) is 17.5 Å². The summed E-state index contributed by atoms with van der Waals surface area (Å²) in [4.78, 5) is 14.9. The zero-order valence-corrected chi connectivity index (χ0v) is 19.6. The molecular weight excluding hydrogens is 476 g/mol. The molecule has 1 saturated heterocycles. The van der Waals surface area contributed by atoms with Crippen LogP contribution in [0.1, 0.15) is 12.8 Å². The fourth-order valence-corrected chi connectivity index (χ4v) is 4.82. The molecule has 0 unspecified atom stereocenters. The normalized spacial score (nSPS) is 15.1. The molecule has 2 aromatic heterocycles. The van der Waals surface area contributed by atoms with Gasteiger partial charge >= 0.3 is 0 Å². The van der Waals surface area contributed by atoms with Crippen LogP contribution < -0.4 is 15.4 Å². The molecule has 0 saturated carbocycles. The number of hydrogen-bond acceptors (Lipinski definition) is 7. The van der Waals surface area contributed by atoms with Crippen molar-refractivity contribution in [2.24, 2.45) is 5.14 Å². The summed E-state index contributed by atoms with van der Waals surface area (Å²) in [6.45, 7) is 1.33. The Bertz CT molecular complexity index is 1450. The number of aromatic amines is 1. The van der Waals surface area contributed by atoms with Crippen LogP contribution in [0.15, 0.2) is 59.6 Å². The number of anilines is 3. The number of benzene rings is 2. The highest BCUT2D eigenvalue weighted by Gasteiger charge is 2.24. The number of halogens is 1. The van der Waals surface area contributed by atoms with E-state index in [-0.39, 0.29) is 11.0 Å². The smallest absolute Gasteiger partial charge is 0.238 e. The second-order valence-corrected chi connectivity index (χ2v) is 10.2. The Hall–Kier alpha value is -3.18. The predicted molar refractivity (Wildman–Crippen MR) is 133 cm³/mol. The van der Waals surface area contributed by atoms with Crippen molar-refractivity contribution in [3.05, 3.63) is 59.8 Å². The predicted octanol–water partition coefficient (Wildman–Crippen LogP) is 3.63. The van der Waals surface area contributed by atoms with Crippen molar-refractivity contribution in [1.29, 1.82) is 0 Å². The highest BCUT2D eigenvalue weighted by Crippen LogP contribution is 2.37. The number of aliphatic hydroxyl groups excluding tert-OH is 1. The molecule has 176 valence electrons. The van der Waals surface area contributed by atoms with Gasteiger partial charge in [-0.05, 0) is 54.8 Å². The molecule has 0 atom stereocenters. The molecule has 0 bridgehead atoms. The van der Waals surface area contributed by atoms with Gasteiger partial charge in [0.05, 0.1) is 16.4 Å². The molecule has 3 heterocycles. The molecule has 1 aliphatic rings. The molecule has 5 N–H and O–H groups in total. The van der Waals surface area contributed by atoms with Gasteiger partial charge in [-0.2, -0.15) is 9.97 Å². The van der Waals surface area contributed by atoms with E-state index in [0.29, 0.717) is 48.2 Å². The summed E-state index contributed by atoms with van der Waals surface area (Å²) >= 11 is 6.24. The number of hydrogen-bond donors (Lipinski definition) is 4. The number of aromatic nitrogens is 3. The minimum atomic E-state index is -3.77. The van der Waals surface area contributed by atoms with Crippen LogP contribution in [0.2, 0.25) is 5.02 Å². The molecule has 0 amide bonds.